The molecule has 0 saturated carbocycles. The third kappa shape index (κ3) is 5.95. The van der Waals surface area contributed by atoms with Crippen LogP contribution in [0.5, 0.6) is 5.75 Å². The minimum Gasteiger partial charge on any atom is -0.494 e. The zero-order valence-electron chi connectivity index (χ0n) is 16.5. The number of benzene rings is 2. The van der Waals surface area contributed by atoms with E-state index in [9.17, 15) is 13.2 Å². The van der Waals surface area contributed by atoms with E-state index in [1.807, 2.05) is 37.3 Å². The van der Waals surface area contributed by atoms with Crippen molar-refractivity contribution in [3.05, 3.63) is 54.6 Å². The Kier molecular flexibility index (Phi) is 7.11. The van der Waals surface area contributed by atoms with E-state index in [4.69, 9.17) is 4.74 Å². The van der Waals surface area contributed by atoms with Crippen LogP contribution in [0.3, 0.4) is 0 Å². The highest BCUT2D eigenvalue weighted by Crippen LogP contribution is 2.17. The maximum absolute atomic E-state index is 12.4. The van der Waals surface area contributed by atoms with Gasteiger partial charge in [0.2, 0.25) is 15.9 Å². The van der Waals surface area contributed by atoms with Crippen LogP contribution in [0.4, 0.5) is 5.69 Å². The molecule has 1 fully saturated rings. The van der Waals surface area contributed by atoms with Crippen LogP contribution in [0.15, 0.2) is 59.5 Å². The Labute approximate surface area is 172 Å². The fraction of sp³-hybridized carbons (Fsp3) is 0.381. The van der Waals surface area contributed by atoms with Gasteiger partial charge >= 0.3 is 0 Å². The van der Waals surface area contributed by atoms with Crippen LogP contribution in [-0.4, -0.2) is 51.5 Å². The van der Waals surface area contributed by atoms with Gasteiger partial charge in [-0.25, -0.2) is 13.1 Å². The number of ether oxygens (including phenoxy) is 1. The fourth-order valence-corrected chi connectivity index (χ4v) is 4.32. The average molecular weight is 418 g/mol. The van der Waals surface area contributed by atoms with Crippen LogP contribution >= 0.6 is 0 Å². The highest BCUT2D eigenvalue weighted by Gasteiger charge is 2.26. The predicted molar refractivity (Wildman–Crippen MR) is 112 cm³/mol. The van der Waals surface area contributed by atoms with Gasteiger partial charge in [0.05, 0.1) is 11.5 Å². The molecule has 3 rings (SSSR count). The molecule has 0 radical (unpaired) electrons. The second-order valence-corrected chi connectivity index (χ2v) is 8.65. The molecule has 8 heteroatoms. The lowest BCUT2D eigenvalue weighted by Gasteiger charge is -2.18. The molecule has 0 aromatic heterocycles. The Morgan fingerprint density at radius 2 is 1.86 bits per heavy atom. The van der Waals surface area contributed by atoms with Gasteiger partial charge < -0.3 is 15.0 Å². The molecule has 7 nitrogen and oxygen atoms in total. The number of likely N-dealkylation sites (tertiary alicyclic amines) is 1. The van der Waals surface area contributed by atoms with E-state index >= 15 is 0 Å². The van der Waals surface area contributed by atoms with Gasteiger partial charge in [-0.05, 0) is 49.7 Å². The Bertz CT molecular complexity index is 901. The molecule has 156 valence electrons. The van der Waals surface area contributed by atoms with Crippen molar-refractivity contribution in [2.24, 2.45) is 0 Å². The Morgan fingerprint density at radius 3 is 2.55 bits per heavy atom. The normalized spacial score (nSPS) is 16.6. The van der Waals surface area contributed by atoms with E-state index in [0.29, 0.717) is 25.4 Å². The molecule has 1 heterocycles. The topological polar surface area (TPSA) is 87.7 Å². The summed E-state index contributed by atoms with van der Waals surface area (Å²) in [6.45, 7) is 3.75. The number of carbonyl (C=O) groups excluding carboxylic acids is 1. The molecule has 1 saturated heterocycles. The molecule has 2 aromatic rings. The van der Waals surface area contributed by atoms with Gasteiger partial charge in [-0.15, -0.1) is 0 Å². The second-order valence-electron chi connectivity index (χ2n) is 6.89. The quantitative estimate of drug-likeness (QED) is 0.654. The average Bonchev–Trinajstić information content (AvgIpc) is 3.18. The van der Waals surface area contributed by atoms with Crippen molar-refractivity contribution in [3.63, 3.8) is 0 Å². The van der Waals surface area contributed by atoms with Crippen molar-refractivity contribution in [2.45, 2.75) is 30.7 Å². The summed E-state index contributed by atoms with van der Waals surface area (Å²) in [7, 11) is -3.65. The van der Waals surface area contributed by atoms with E-state index in [0.717, 1.165) is 12.1 Å². The first-order valence-electron chi connectivity index (χ1n) is 9.80. The lowest BCUT2D eigenvalue weighted by Crippen LogP contribution is -2.34. The van der Waals surface area contributed by atoms with Crippen molar-refractivity contribution in [1.29, 1.82) is 0 Å². The predicted octanol–water partition coefficient (Wildman–Crippen LogP) is 2.47. The molecule has 1 unspecified atom stereocenters. The van der Waals surface area contributed by atoms with Gasteiger partial charge in [-0.1, -0.05) is 18.2 Å². The van der Waals surface area contributed by atoms with Crippen molar-refractivity contribution in [1.82, 2.24) is 9.62 Å². The maximum atomic E-state index is 12.4. The maximum Gasteiger partial charge on any atom is 0.240 e. The lowest BCUT2D eigenvalue weighted by molar-refractivity contribution is -0.129. The number of rotatable bonds is 9. The van der Waals surface area contributed by atoms with Crippen LogP contribution in [0.25, 0.3) is 0 Å². The summed E-state index contributed by atoms with van der Waals surface area (Å²) in [6.07, 6.45) is 1.01. The van der Waals surface area contributed by atoms with Gasteiger partial charge in [0.15, 0.2) is 0 Å². The smallest absolute Gasteiger partial charge is 0.240 e. The zero-order valence-corrected chi connectivity index (χ0v) is 17.3. The number of amides is 1. The van der Waals surface area contributed by atoms with Crippen LogP contribution in [0.2, 0.25) is 0 Å². The monoisotopic (exact) mass is 417 g/mol. The molecule has 0 aliphatic carbocycles. The van der Waals surface area contributed by atoms with Gasteiger partial charge in [-0.3, -0.25) is 4.79 Å². The number of hydrogen-bond donors (Lipinski definition) is 2. The molecule has 1 aliphatic heterocycles. The summed E-state index contributed by atoms with van der Waals surface area (Å²) in [5, 5.41) is 3.43. The summed E-state index contributed by atoms with van der Waals surface area (Å²) in [5.74, 6) is 0.575. The summed E-state index contributed by atoms with van der Waals surface area (Å²) >= 11 is 0. The molecule has 1 aliphatic rings. The largest absolute Gasteiger partial charge is 0.494 e. The van der Waals surface area contributed by atoms with E-state index in [1.54, 1.807) is 17.0 Å². The molecule has 0 spiro atoms. The third-order valence-corrected chi connectivity index (χ3v) is 6.24. The van der Waals surface area contributed by atoms with E-state index in [2.05, 4.69) is 10.0 Å². The number of nitrogens with zero attached hydrogens (tertiary/aromatic N) is 1. The SMILES string of the molecule is CCOc1ccc(S(=O)(=O)NCCC(=O)N2CCC(Nc3ccccc3)C2)cc1. The summed E-state index contributed by atoms with van der Waals surface area (Å²) < 4.78 is 32.6. The van der Waals surface area contributed by atoms with Gasteiger partial charge in [0.25, 0.3) is 0 Å². The zero-order chi connectivity index (χ0) is 20.7. The van der Waals surface area contributed by atoms with Crippen molar-refractivity contribution >= 4 is 21.6 Å². The third-order valence-electron chi connectivity index (χ3n) is 4.76. The van der Waals surface area contributed by atoms with E-state index < -0.39 is 10.0 Å². The molecular formula is C21H27N3O4S. The van der Waals surface area contributed by atoms with Crippen LogP contribution in [-0.2, 0) is 14.8 Å². The van der Waals surface area contributed by atoms with Crippen LogP contribution < -0.4 is 14.8 Å². The standard InChI is InChI=1S/C21H27N3O4S/c1-2-28-19-8-10-20(11-9-19)29(26,27)22-14-12-21(25)24-15-13-18(16-24)23-17-6-4-3-5-7-17/h3-11,18,22-23H,2,12-16H2,1H3. The summed E-state index contributed by atoms with van der Waals surface area (Å²) in [6, 6.07) is 16.3. The van der Waals surface area contributed by atoms with Crippen molar-refractivity contribution in [2.75, 3.05) is 31.6 Å². The second kappa shape index (κ2) is 9.76. The van der Waals surface area contributed by atoms with Gasteiger partial charge in [0.1, 0.15) is 5.75 Å². The Morgan fingerprint density at radius 1 is 1.14 bits per heavy atom. The van der Waals surface area contributed by atoms with Crippen molar-refractivity contribution in [3.8, 4) is 5.75 Å². The molecular weight excluding hydrogens is 390 g/mol. The first-order valence-corrected chi connectivity index (χ1v) is 11.3. The highest BCUT2D eigenvalue weighted by atomic mass is 32.2. The summed E-state index contributed by atoms with van der Waals surface area (Å²) in [5.41, 5.74) is 1.04. The molecule has 1 atom stereocenters. The molecule has 1 amide bonds. The summed E-state index contributed by atoms with van der Waals surface area (Å²) in [4.78, 5) is 14.4. The number of nitrogens with one attached hydrogen (secondary N) is 2. The van der Waals surface area contributed by atoms with Crippen LogP contribution in [0, 0.1) is 0 Å². The van der Waals surface area contributed by atoms with E-state index in [-0.39, 0.29) is 29.8 Å². The number of carbonyl (C=O) groups is 1. The lowest BCUT2D eigenvalue weighted by atomic mass is 10.2. The molecule has 29 heavy (non-hydrogen) atoms. The highest BCUT2D eigenvalue weighted by molar-refractivity contribution is 7.89. The van der Waals surface area contributed by atoms with Gasteiger partial charge in [0, 0.05) is 37.8 Å². The first kappa shape index (κ1) is 21.1. The Balaban J connectivity index is 1.44. The first-order chi connectivity index (χ1) is 14.0. The van der Waals surface area contributed by atoms with Crippen LogP contribution in [0.1, 0.15) is 19.8 Å². The molecule has 0 bridgehead atoms. The minimum absolute atomic E-state index is 0.0447. The van der Waals surface area contributed by atoms with Gasteiger partial charge in [-0.2, -0.15) is 0 Å². The van der Waals surface area contributed by atoms with Crippen molar-refractivity contribution < 1.29 is 17.9 Å². The van der Waals surface area contributed by atoms with E-state index in [1.165, 1.54) is 12.1 Å². The Hall–Kier alpha value is -2.58. The number of para-hydroxylation sites is 1. The number of hydrogen-bond acceptors (Lipinski definition) is 5. The molecule has 2 N–H and O–H groups in total. The molecule has 2 aromatic carbocycles. The number of anilines is 1. The minimum atomic E-state index is -3.65. The fourth-order valence-electron chi connectivity index (χ4n) is 3.29. The number of sulfonamides is 1.